The molecule has 0 aliphatic carbocycles. The van der Waals surface area contributed by atoms with Crippen LogP contribution in [-0.4, -0.2) is 49.8 Å². The van der Waals surface area contributed by atoms with Crippen molar-refractivity contribution in [3.05, 3.63) is 89.5 Å². The van der Waals surface area contributed by atoms with Gasteiger partial charge in [0, 0.05) is 37.1 Å². The Kier molecular flexibility index (Phi) is 6.59. The Morgan fingerprint density at radius 3 is 2.49 bits per heavy atom. The van der Waals surface area contributed by atoms with E-state index in [-0.39, 0.29) is 34.5 Å². The molecule has 11 heteroatoms. The van der Waals surface area contributed by atoms with Crippen LogP contribution in [0.4, 0.5) is 14.5 Å². The number of amides is 2. The van der Waals surface area contributed by atoms with Crippen molar-refractivity contribution in [2.45, 2.75) is 19.8 Å². The van der Waals surface area contributed by atoms with Crippen LogP contribution in [0.15, 0.2) is 60.8 Å². The number of carbonyl (C=O) groups excluding carboxylic acids is 2. The lowest BCUT2D eigenvalue weighted by atomic mass is 10.2. The lowest BCUT2D eigenvalue weighted by Crippen LogP contribution is -2.28. The van der Waals surface area contributed by atoms with Gasteiger partial charge in [-0.2, -0.15) is 0 Å². The minimum atomic E-state index is -0.714. The van der Waals surface area contributed by atoms with Gasteiger partial charge in [-0.25, -0.2) is 13.5 Å². The maximum Gasteiger partial charge on any atom is 0.278 e. The molecule has 0 bridgehead atoms. The van der Waals surface area contributed by atoms with E-state index in [1.165, 1.54) is 59.4 Å². The third kappa shape index (κ3) is 5.15. The van der Waals surface area contributed by atoms with E-state index < -0.39 is 17.5 Å². The van der Waals surface area contributed by atoms with Crippen molar-refractivity contribution in [3.8, 4) is 17.2 Å². The maximum atomic E-state index is 14.8. The molecule has 5 rings (SSSR count). The van der Waals surface area contributed by atoms with Crippen molar-refractivity contribution < 1.29 is 23.1 Å². The van der Waals surface area contributed by atoms with Crippen LogP contribution in [0, 0.1) is 18.6 Å². The van der Waals surface area contributed by atoms with Crippen molar-refractivity contribution in [1.82, 2.24) is 24.9 Å². The first-order valence-electron chi connectivity index (χ1n) is 11.6. The molecule has 1 aliphatic heterocycles. The summed E-state index contributed by atoms with van der Waals surface area (Å²) < 4.78 is 35.0. The highest BCUT2D eigenvalue weighted by molar-refractivity contribution is 6.03. The van der Waals surface area contributed by atoms with E-state index in [4.69, 9.17) is 4.74 Å². The summed E-state index contributed by atoms with van der Waals surface area (Å²) in [7, 11) is 0. The van der Waals surface area contributed by atoms with E-state index in [1.54, 1.807) is 11.8 Å². The molecule has 37 heavy (non-hydrogen) atoms. The van der Waals surface area contributed by atoms with E-state index in [2.05, 4.69) is 20.6 Å². The quantitative estimate of drug-likeness (QED) is 0.414. The number of halogens is 2. The Labute approximate surface area is 210 Å². The summed E-state index contributed by atoms with van der Waals surface area (Å²) in [6, 6.07) is 12.6. The summed E-state index contributed by atoms with van der Waals surface area (Å²) in [6.45, 7) is 3.03. The molecule has 0 unspecified atom stereocenters. The zero-order chi connectivity index (χ0) is 25.9. The van der Waals surface area contributed by atoms with Crippen LogP contribution in [-0.2, 0) is 0 Å². The molecule has 1 saturated heterocycles. The molecule has 188 valence electrons. The summed E-state index contributed by atoms with van der Waals surface area (Å²) in [5.74, 6) is -1.70. The molecule has 4 aromatic rings. The number of benzene rings is 2. The SMILES string of the molecule is Cc1c(C(=O)Nc2ccc(Oc3ccnc(C(=O)N4CCCC4)c3)c(F)c2)nnn1-c1ccc(F)cc1. The number of carbonyl (C=O) groups is 2. The molecule has 2 aromatic heterocycles. The molecule has 2 amide bonds. The van der Waals surface area contributed by atoms with E-state index in [0.29, 0.717) is 24.5 Å². The highest BCUT2D eigenvalue weighted by Crippen LogP contribution is 2.28. The molecule has 0 spiro atoms. The molecule has 0 radical (unpaired) electrons. The molecule has 0 saturated carbocycles. The average Bonchev–Trinajstić information content (AvgIpc) is 3.56. The Bertz CT molecular complexity index is 1470. The second-order valence-electron chi connectivity index (χ2n) is 8.49. The van der Waals surface area contributed by atoms with Gasteiger partial charge in [-0.15, -0.1) is 5.10 Å². The van der Waals surface area contributed by atoms with Crippen molar-refractivity contribution in [2.24, 2.45) is 0 Å². The zero-order valence-electron chi connectivity index (χ0n) is 19.8. The number of pyridine rings is 1. The summed E-state index contributed by atoms with van der Waals surface area (Å²) in [5, 5.41) is 10.5. The number of likely N-dealkylation sites (tertiary alicyclic amines) is 1. The number of rotatable bonds is 6. The number of aromatic nitrogens is 4. The van der Waals surface area contributed by atoms with Crippen LogP contribution in [0.5, 0.6) is 11.5 Å². The van der Waals surface area contributed by atoms with Crippen LogP contribution in [0.1, 0.15) is 39.5 Å². The van der Waals surface area contributed by atoms with E-state index in [1.807, 2.05) is 0 Å². The van der Waals surface area contributed by atoms with Crippen molar-refractivity contribution in [1.29, 1.82) is 0 Å². The Morgan fingerprint density at radius 2 is 1.76 bits per heavy atom. The molecule has 1 aliphatic rings. The van der Waals surface area contributed by atoms with Gasteiger partial charge in [0.05, 0.1) is 11.4 Å². The van der Waals surface area contributed by atoms with Crippen molar-refractivity contribution in [3.63, 3.8) is 0 Å². The van der Waals surface area contributed by atoms with Gasteiger partial charge in [0.15, 0.2) is 17.3 Å². The largest absolute Gasteiger partial charge is 0.454 e. The highest BCUT2D eigenvalue weighted by atomic mass is 19.1. The number of hydrogen-bond acceptors (Lipinski definition) is 6. The number of ether oxygens (including phenoxy) is 1. The van der Waals surface area contributed by atoms with Gasteiger partial charge in [-0.05, 0) is 62.2 Å². The van der Waals surface area contributed by atoms with Crippen LogP contribution in [0.3, 0.4) is 0 Å². The minimum absolute atomic E-state index is 0.0389. The van der Waals surface area contributed by atoms with Crippen LogP contribution >= 0.6 is 0 Å². The predicted octanol–water partition coefficient (Wildman–Crippen LogP) is 4.53. The van der Waals surface area contributed by atoms with Gasteiger partial charge >= 0.3 is 0 Å². The van der Waals surface area contributed by atoms with Gasteiger partial charge < -0.3 is 15.0 Å². The van der Waals surface area contributed by atoms with Crippen LogP contribution in [0.25, 0.3) is 5.69 Å². The minimum Gasteiger partial charge on any atom is -0.454 e. The first-order chi connectivity index (χ1) is 17.9. The summed E-state index contributed by atoms with van der Waals surface area (Å²) >= 11 is 0. The first-order valence-corrected chi connectivity index (χ1v) is 11.6. The third-order valence-corrected chi connectivity index (χ3v) is 5.94. The van der Waals surface area contributed by atoms with Gasteiger partial charge in [-0.1, -0.05) is 5.21 Å². The Morgan fingerprint density at radius 1 is 1.00 bits per heavy atom. The second kappa shape index (κ2) is 10.1. The normalized spacial score (nSPS) is 13.0. The molecule has 1 fully saturated rings. The summed E-state index contributed by atoms with van der Waals surface area (Å²) in [4.78, 5) is 31.2. The molecule has 9 nitrogen and oxygen atoms in total. The Hall–Kier alpha value is -4.67. The smallest absolute Gasteiger partial charge is 0.278 e. The molecule has 3 heterocycles. The van der Waals surface area contributed by atoms with Gasteiger partial charge in [-0.3, -0.25) is 14.6 Å². The lowest BCUT2D eigenvalue weighted by molar-refractivity contribution is 0.0786. The summed E-state index contributed by atoms with van der Waals surface area (Å²) in [6.07, 6.45) is 3.36. The van der Waals surface area contributed by atoms with Gasteiger partial charge in [0.2, 0.25) is 0 Å². The van der Waals surface area contributed by atoms with E-state index in [0.717, 1.165) is 18.9 Å². The first kappa shape index (κ1) is 24.0. The molecule has 2 aromatic carbocycles. The topological polar surface area (TPSA) is 102 Å². The molecular formula is C26H22F2N6O3. The second-order valence-corrected chi connectivity index (χ2v) is 8.49. The lowest BCUT2D eigenvalue weighted by Gasteiger charge is -2.15. The number of nitrogens with one attached hydrogen (secondary N) is 1. The standard InChI is InChI=1S/C26H22F2N6O3/c1-16-24(31-32-34(16)19-7-4-17(27)5-8-19)25(35)30-18-6-9-23(21(28)14-18)37-20-10-11-29-22(15-20)26(36)33-12-2-3-13-33/h4-11,14-15H,2-3,12-13H2,1H3,(H,30,35). The van der Waals surface area contributed by atoms with Gasteiger partial charge in [0.25, 0.3) is 11.8 Å². The number of anilines is 1. The predicted molar refractivity (Wildman–Crippen MR) is 130 cm³/mol. The molecular weight excluding hydrogens is 482 g/mol. The fourth-order valence-corrected chi connectivity index (χ4v) is 4.02. The maximum absolute atomic E-state index is 14.8. The number of hydrogen-bond donors (Lipinski definition) is 1. The fraction of sp³-hybridized carbons (Fsp3) is 0.192. The third-order valence-electron chi connectivity index (χ3n) is 5.94. The van der Waals surface area contributed by atoms with Crippen molar-refractivity contribution in [2.75, 3.05) is 18.4 Å². The van der Waals surface area contributed by atoms with Gasteiger partial charge in [0.1, 0.15) is 17.3 Å². The average molecular weight is 504 g/mol. The van der Waals surface area contributed by atoms with Crippen molar-refractivity contribution >= 4 is 17.5 Å². The fourth-order valence-electron chi connectivity index (χ4n) is 4.02. The number of nitrogens with zero attached hydrogens (tertiary/aromatic N) is 5. The Balaban J connectivity index is 1.27. The van der Waals surface area contributed by atoms with Crippen LogP contribution in [0.2, 0.25) is 0 Å². The monoisotopic (exact) mass is 504 g/mol. The summed E-state index contributed by atoms with van der Waals surface area (Å²) in [5.41, 5.74) is 1.43. The molecule has 0 atom stereocenters. The molecule has 1 N–H and O–H groups in total. The van der Waals surface area contributed by atoms with Crippen LogP contribution < -0.4 is 10.1 Å². The van der Waals surface area contributed by atoms with E-state index >= 15 is 0 Å². The zero-order valence-corrected chi connectivity index (χ0v) is 19.8. The highest BCUT2D eigenvalue weighted by Gasteiger charge is 2.21. The van der Waals surface area contributed by atoms with E-state index in [9.17, 15) is 18.4 Å².